The van der Waals surface area contributed by atoms with Gasteiger partial charge < -0.3 is 5.32 Å². The van der Waals surface area contributed by atoms with Crippen LogP contribution >= 0.6 is 0 Å². The highest BCUT2D eigenvalue weighted by Gasteiger charge is 2.20. The highest BCUT2D eigenvalue weighted by atomic mass is 15.2. The van der Waals surface area contributed by atoms with Crippen LogP contribution in [0.3, 0.4) is 0 Å². The van der Waals surface area contributed by atoms with E-state index in [0.717, 1.165) is 6.54 Å². The summed E-state index contributed by atoms with van der Waals surface area (Å²) in [5.74, 6) is 0. The molecule has 0 saturated carbocycles. The van der Waals surface area contributed by atoms with Crippen molar-refractivity contribution < 1.29 is 0 Å². The van der Waals surface area contributed by atoms with Gasteiger partial charge in [0.25, 0.3) is 0 Å². The SMILES string of the molecule is CNC1CCN(Cc2ccc(C)cc2)C1. The molecule has 2 heteroatoms. The maximum absolute atomic E-state index is 3.35. The fourth-order valence-electron chi connectivity index (χ4n) is 2.16. The second kappa shape index (κ2) is 4.77. The lowest BCUT2D eigenvalue weighted by molar-refractivity contribution is 0.322. The lowest BCUT2D eigenvalue weighted by Gasteiger charge is -2.15. The van der Waals surface area contributed by atoms with Crippen molar-refractivity contribution in [2.24, 2.45) is 0 Å². The van der Waals surface area contributed by atoms with E-state index in [1.165, 1.54) is 30.6 Å². The van der Waals surface area contributed by atoms with Crippen LogP contribution in [0.5, 0.6) is 0 Å². The van der Waals surface area contributed by atoms with Crippen molar-refractivity contribution >= 4 is 0 Å². The van der Waals surface area contributed by atoms with Crippen molar-refractivity contribution in [3.63, 3.8) is 0 Å². The van der Waals surface area contributed by atoms with Gasteiger partial charge in [0.15, 0.2) is 0 Å². The molecule has 2 nitrogen and oxygen atoms in total. The molecule has 1 fully saturated rings. The molecule has 0 amide bonds. The molecule has 1 aromatic carbocycles. The second-order valence-electron chi connectivity index (χ2n) is 4.49. The number of nitrogens with zero attached hydrogens (tertiary/aromatic N) is 1. The first-order chi connectivity index (χ1) is 7.28. The van der Waals surface area contributed by atoms with Gasteiger partial charge in [-0.25, -0.2) is 0 Å². The fraction of sp³-hybridized carbons (Fsp3) is 0.538. The van der Waals surface area contributed by atoms with Crippen molar-refractivity contribution in [3.8, 4) is 0 Å². The van der Waals surface area contributed by atoms with Crippen LogP contribution in [0.2, 0.25) is 0 Å². The summed E-state index contributed by atoms with van der Waals surface area (Å²) in [6.45, 7) is 5.64. The summed E-state index contributed by atoms with van der Waals surface area (Å²) in [6, 6.07) is 9.56. The predicted molar refractivity (Wildman–Crippen MR) is 63.9 cm³/mol. The zero-order valence-corrected chi connectivity index (χ0v) is 9.66. The van der Waals surface area contributed by atoms with E-state index in [4.69, 9.17) is 0 Å². The molecule has 82 valence electrons. The largest absolute Gasteiger partial charge is 0.316 e. The quantitative estimate of drug-likeness (QED) is 0.807. The van der Waals surface area contributed by atoms with Gasteiger partial charge in [0.2, 0.25) is 0 Å². The molecular weight excluding hydrogens is 184 g/mol. The van der Waals surface area contributed by atoms with Gasteiger partial charge in [-0.1, -0.05) is 29.8 Å². The van der Waals surface area contributed by atoms with Crippen LogP contribution in [0, 0.1) is 6.92 Å². The van der Waals surface area contributed by atoms with E-state index in [1.54, 1.807) is 0 Å². The van der Waals surface area contributed by atoms with Crippen molar-refractivity contribution in [1.29, 1.82) is 0 Å². The number of benzene rings is 1. The van der Waals surface area contributed by atoms with Gasteiger partial charge in [-0.15, -0.1) is 0 Å². The molecular formula is C13H20N2. The van der Waals surface area contributed by atoms with E-state index in [2.05, 4.69) is 48.5 Å². The molecule has 15 heavy (non-hydrogen) atoms. The maximum Gasteiger partial charge on any atom is 0.0234 e. The number of likely N-dealkylation sites (tertiary alicyclic amines) is 1. The minimum Gasteiger partial charge on any atom is -0.316 e. The Kier molecular flexibility index (Phi) is 3.39. The smallest absolute Gasteiger partial charge is 0.0234 e. The molecule has 0 spiro atoms. The maximum atomic E-state index is 3.35. The summed E-state index contributed by atoms with van der Waals surface area (Å²) >= 11 is 0. The number of rotatable bonds is 3. The minimum atomic E-state index is 0.690. The third-order valence-electron chi connectivity index (χ3n) is 3.21. The molecule has 0 bridgehead atoms. The van der Waals surface area contributed by atoms with E-state index in [1.807, 2.05) is 0 Å². The molecule has 1 N–H and O–H groups in total. The van der Waals surface area contributed by atoms with Crippen LogP contribution in [-0.2, 0) is 6.54 Å². The number of hydrogen-bond donors (Lipinski definition) is 1. The normalized spacial score (nSPS) is 22.1. The average molecular weight is 204 g/mol. The van der Waals surface area contributed by atoms with Crippen molar-refractivity contribution in [2.45, 2.75) is 25.9 Å². The highest BCUT2D eigenvalue weighted by molar-refractivity contribution is 5.21. The molecule has 0 aliphatic carbocycles. The number of nitrogens with one attached hydrogen (secondary N) is 1. The third kappa shape index (κ3) is 2.80. The minimum absolute atomic E-state index is 0.690. The Bertz CT molecular complexity index is 305. The summed E-state index contributed by atoms with van der Waals surface area (Å²) in [4.78, 5) is 2.52. The Labute approximate surface area is 92.3 Å². The number of hydrogen-bond acceptors (Lipinski definition) is 2. The standard InChI is InChI=1S/C13H20N2/c1-11-3-5-12(6-4-11)9-15-8-7-13(10-15)14-2/h3-6,13-14H,7-10H2,1-2H3. The second-order valence-corrected chi connectivity index (χ2v) is 4.49. The van der Waals surface area contributed by atoms with Crippen LogP contribution in [0.1, 0.15) is 17.5 Å². The van der Waals surface area contributed by atoms with Gasteiger partial charge in [0.05, 0.1) is 0 Å². The molecule has 1 aliphatic rings. The number of likely N-dealkylation sites (N-methyl/N-ethyl adjacent to an activating group) is 1. The van der Waals surface area contributed by atoms with Crippen LogP contribution in [0.4, 0.5) is 0 Å². The van der Waals surface area contributed by atoms with E-state index < -0.39 is 0 Å². The van der Waals surface area contributed by atoms with Crippen molar-refractivity contribution in [1.82, 2.24) is 10.2 Å². The van der Waals surface area contributed by atoms with E-state index in [-0.39, 0.29) is 0 Å². The predicted octanol–water partition coefficient (Wildman–Crippen LogP) is 1.79. The molecule has 0 aromatic heterocycles. The summed E-state index contributed by atoms with van der Waals surface area (Å²) in [7, 11) is 2.06. The number of aryl methyl sites for hydroxylation is 1. The highest BCUT2D eigenvalue weighted by Crippen LogP contribution is 2.13. The molecule has 0 radical (unpaired) electrons. The van der Waals surface area contributed by atoms with Crippen molar-refractivity contribution in [2.75, 3.05) is 20.1 Å². The topological polar surface area (TPSA) is 15.3 Å². The Morgan fingerprint density at radius 2 is 2.07 bits per heavy atom. The van der Waals surface area contributed by atoms with E-state index in [9.17, 15) is 0 Å². The van der Waals surface area contributed by atoms with E-state index in [0.29, 0.717) is 6.04 Å². The Balaban J connectivity index is 1.90. The average Bonchev–Trinajstić information content (AvgIpc) is 2.69. The van der Waals surface area contributed by atoms with Gasteiger partial charge in [-0.2, -0.15) is 0 Å². The van der Waals surface area contributed by atoms with Crippen LogP contribution in [0.25, 0.3) is 0 Å². The Morgan fingerprint density at radius 3 is 2.67 bits per heavy atom. The van der Waals surface area contributed by atoms with Crippen LogP contribution < -0.4 is 5.32 Å². The Hall–Kier alpha value is -0.860. The van der Waals surface area contributed by atoms with Gasteiger partial charge in [-0.05, 0) is 26.0 Å². The van der Waals surface area contributed by atoms with E-state index >= 15 is 0 Å². The van der Waals surface area contributed by atoms with Crippen molar-refractivity contribution in [3.05, 3.63) is 35.4 Å². The molecule has 1 aliphatic heterocycles. The molecule has 2 rings (SSSR count). The summed E-state index contributed by atoms with van der Waals surface area (Å²) in [5.41, 5.74) is 2.77. The van der Waals surface area contributed by atoms with Gasteiger partial charge >= 0.3 is 0 Å². The summed E-state index contributed by atoms with van der Waals surface area (Å²) < 4.78 is 0. The summed E-state index contributed by atoms with van der Waals surface area (Å²) in [5, 5.41) is 3.35. The monoisotopic (exact) mass is 204 g/mol. The third-order valence-corrected chi connectivity index (χ3v) is 3.21. The molecule has 1 heterocycles. The first-order valence-electron chi connectivity index (χ1n) is 5.73. The molecule has 1 unspecified atom stereocenters. The lowest BCUT2D eigenvalue weighted by Crippen LogP contribution is -2.29. The zero-order chi connectivity index (χ0) is 10.7. The van der Waals surface area contributed by atoms with Crippen LogP contribution in [-0.4, -0.2) is 31.1 Å². The van der Waals surface area contributed by atoms with Gasteiger partial charge in [0.1, 0.15) is 0 Å². The van der Waals surface area contributed by atoms with Gasteiger partial charge in [-0.3, -0.25) is 4.90 Å². The Morgan fingerprint density at radius 1 is 1.33 bits per heavy atom. The zero-order valence-electron chi connectivity index (χ0n) is 9.66. The first-order valence-corrected chi connectivity index (χ1v) is 5.73. The molecule has 1 aromatic rings. The summed E-state index contributed by atoms with van der Waals surface area (Å²) in [6.07, 6.45) is 1.28. The fourth-order valence-corrected chi connectivity index (χ4v) is 2.16. The first kappa shape index (κ1) is 10.7. The van der Waals surface area contributed by atoms with Crippen LogP contribution in [0.15, 0.2) is 24.3 Å². The van der Waals surface area contributed by atoms with Gasteiger partial charge in [0, 0.05) is 25.7 Å². The molecule has 1 atom stereocenters. The molecule has 1 saturated heterocycles. The lowest BCUT2D eigenvalue weighted by atomic mass is 10.1.